The van der Waals surface area contributed by atoms with Crippen molar-refractivity contribution in [3.63, 3.8) is 0 Å². The summed E-state index contributed by atoms with van der Waals surface area (Å²) in [6.45, 7) is 12.7. The Labute approximate surface area is 175 Å². The minimum Gasteiger partial charge on any atom is -0.505 e. The number of nitrogens with one attached hydrogen (secondary N) is 2. The lowest BCUT2D eigenvalue weighted by Crippen LogP contribution is -2.60. The van der Waals surface area contributed by atoms with Gasteiger partial charge in [-0.25, -0.2) is 4.79 Å². The van der Waals surface area contributed by atoms with E-state index >= 15 is 0 Å². The molecule has 0 aromatic heterocycles. The molecule has 0 unspecified atom stereocenters. The highest BCUT2D eigenvalue weighted by Gasteiger charge is 2.51. The molecule has 4 aliphatic rings. The molecule has 4 aliphatic carbocycles. The lowest BCUT2D eigenvalue weighted by Gasteiger charge is -2.56. The first kappa shape index (κ1) is 20.6. The Morgan fingerprint density at radius 1 is 0.931 bits per heavy atom. The average molecular weight is 399 g/mol. The van der Waals surface area contributed by atoms with E-state index in [0.29, 0.717) is 5.69 Å². The van der Waals surface area contributed by atoms with Crippen LogP contribution in [-0.2, 0) is 10.8 Å². The first-order valence-electron chi connectivity index (χ1n) is 11.3. The van der Waals surface area contributed by atoms with E-state index in [1.807, 2.05) is 6.07 Å². The van der Waals surface area contributed by atoms with Crippen molar-refractivity contribution in [3.05, 3.63) is 23.3 Å². The summed E-state index contributed by atoms with van der Waals surface area (Å²) in [6.07, 6.45) is 7.42. The molecule has 3 N–H and O–H groups in total. The van der Waals surface area contributed by atoms with E-state index in [0.717, 1.165) is 48.1 Å². The highest BCUT2D eigenvalue weighted by molar-refractivity contribution is 5.92. The van der Waals surface area contributed by atoms with Gasteiger partial charge in [-0.3, -0.25) is 0 Å². The van der Waals surface area contributed by atoms with Crippen molar-refractivity contribution in [1.29, 1.82) is 0 Å². The number of rotatable bonds is 2. The zero-order valence-electron chi connectivity index (χ0n) is 19.0. The lowest BCUT2D eigenvalue weighted by atomic mass is 9.53. The van der Waals surface area contributed by atoms with Gasteiger partial charge in [0, 0.05) is 11.1 Å². The fourth-order valence-electron chi connectivity index (χ4n) is 6.39. The van der Waals surface area contributed by atoms with Crippen molar-refractivity contribution in [1.82, 2.24) is 5.32 Å². The number of hydrogen-bond acceptors (Lipinski definition) is 2. The Bertz CT molecular complexity index is 778. The van der Waals surface area contributed by atoms with Crippen molar-refractivity contribution in [2.45, 2.75) is 96.4 Å². The maximum atomic E-state index is 13.0. The molecule has 1 aromatic carbocycles. The van der Waals surface area contributed by atoms with Crippen LogP contribution in [0.2, 0.25) is 0 Å². The standard InChI is InChI=1S/C25H38N2O2/c1-23(2,3)18-10-19(24(4,5)6)21(28)20(11-18)26-22(29)27-25-12-15-7-16(13-25)9-17(8-15)14-25/h10-11,15-17,28H,7-9,12-14H2,1-6H3,(H2,26,27,29). The van der Waals surface area contributed by atoms with E-state index in [1.165, 1.54) is 19.3 Å². The Morgan fingerprint density at radius 2 is 1.45 bits per heavy atom. The second-order valence-electron chi connectivity index (χ2n) is 12.2. The number of amides is 2. The topological polar surface area (TPSA) is 61.4 Å². The molecule has 4 heteroatoms. The fraction of sp³-hybridized carbons (Fsp3) is 0.720. The molecule has 0 saturated heterocycles. The molecule has 5 rings (SSSR count). The normalized spacial score (nSPS) is 31.0. The largest absolute Gasteiger partial charge is 0.505 e. The average Bonchev–Trinajstić information content (AvgIpc) is 2.52. The van der Waals surface area contributed by atoms with Gasteiger partial charge in [-0.05, 0) is 78.7 Å². The maximum absolute atomic E-state index is 13.0. The molecular weight excluding hydrogens is 360 g/mol. The van der Waals surface area contributed by atoms with Gasteiger partial charge in [0.25, 0.3) is 0 Å². The molecule has 0 spiro atoms. The van der Waals surface area contributed by atoms with Crippen LogP contribution in [0.1, 0.15) is 91.2 Å². The Balaban J connectivity index is 1.58. The number of phenols is 1. The predicted molar refractivity (Wildman–Crippen MR) is 119 cm³/mol. The van der Waals surface area contributed by atoms with Crippen molar-refractivity contribution < 1.29 is 9.90 Å². The number of anilines is 1. The summed E-state index contributed by atoms with van der Waals surface area (Å²) >= 11 is 0. The molecule has 160 valence electrons. The van der Waals surface area contributed by atoms with Crippen LogP contribution >= 0.6 is 0 Å². The van der Waals surface area contributed by atoms with Crippen LogP contribution in [0.4, 0.5) is 10.5 Å². The van der Waals surface area contributed by atoms with Gasteiger partial charge < -0.3 is 15.7 Å². The molecular formula is C25H38N2O2. The summed E-state index contributed by atoms with van der Waals surface area (Å²) in [5.41, 5.74) is 2.19. The Morgan fingerprint density at radius 3 is 1.90 bits per heavy atom. The quantitative estimate of drug-likeness (QED) is 0.529. The third-order valence-electron chi connectivity index (χ3n) is 7.45. The van der Waals surface area contributed by atoms with Gasteiger partial charge in [0.15, 0.2) is 0 Å². The Kier molecular flexibility index (Phi) is 4.71. The summed E-state index contributed by atoms with van der Waals surface area (Å²) in [4.78, 5) is 13.0. The minimum absolute atomic E-state index is 0.0387. The molecule has 4 bridgehead atoms. The van der Waals surface area contributed by atoms with E-state index in [1.54, 1.807) is 0 Å². The first-order chi connectivity index (χ1) is 13.3. The second kappa shape index (κ2) is 6.65. The van der Waals surface area contributed by atoms with Crippen molar-refractivity contribution in [2.24, 2.45) is 17.8 Å². The number of hydrogen-bond donors (Lipinski definition) is 3. The third kappa shape index (κ3) is 4.00. The minimum atomic E-state index is -0.210. The summed E-state index contributed by atoms with van der Waals surface area (Å²) in [7, 11) is 0. The molecule has 0 heterocycles. The number of phenolic OH excluding ortho intramolecular Hbond substituents is 1. The fourth-order valence-corrected chi connectivity index (χ4v) is 6.39. The lowest BCUT2D eigenvalue weighted by molar-refractivity contribution is -0.0127. The molecule has 4 fully saturated rings. The van der Waals surface area contributed by atoms with Crippen molar-refractivity contribution >= 4 is 11.7 Å². The van der Waals surface area contributed by atoms with Gasteiger partial charge in [-0.2, -0.15) is 0 Å². The highest BCUT2D eigenvalue weighted by Crippen LogP contribution is 2.55. The predicted octanol–water partition coefficient (Wildman–Crippen LogP) is 6.08. The molecule has 1 aromatic rings. The first-order valence-corrected chi connectivity index (χ1v) is 11.3. The summed E-state index contributed by atoms with van der Waals surface area (Å²) in [5.74, 6) is 2.54. The van der Waals surface area contributed by atoms with Crippen LogP contribution in [0.3, 0.4) is 0 Å². The van der Waals surface area contributed by atoms with Crippen molar-refractivity contribution in [2.75, 3.05) is 5.32 Å². The van der Waals surface area contributed by atoms with E-state index < -0.39 is 0 Å². The number of carbonyl (C=O) groups excluding carboxylic acids is 1. The number of benzene rings is 1. The smallest absolute Gasteiger partial charge is 0.319 e. The zero-order chi connectivity index (χ0) is 21.2. The molecule has 2 amide bonds. The number of aromatic hydroxyl groups is 1. The van der Waals surface area contributed by atoms with Crippen LogP contribution in [-0.4, -0.2) is 16.7 Å². The van der Waals surface area contributed by atoms with Gasteiger partial charge in [0.2, 0.25) is 0 Å². The Hall–Kier alpha value is -1.71. The molecule has 4 nitrogen and oxygen atoms in total. The van der Waals surface area contributed by atoms with E-state index in [9.17, 15) is 9.90 Å². The molecule has 4 saturated carbocycles. The van der Waals surface area contributed by atoms with Crippen LogP contribution in [0.15, 0.2) is 12.1 Å². The van der Waals surface area contributed by atoms with Crippen LogP contribution < -0.4 is 10.6 Å². The van der Waals surface area contributed by atoms with Crippen LogP contribution in [0.25, 0.3) is 0 Å². The molecule has 29 heavy (non-hydrogen) atoms. The van der Waals surface area contributed by atoms with Crippen molar-refractivity contribution in [3.8, 4) is 5.75 Å². The van der Waals surface area contributed by atoms with Crippen LogP contribution in [0.5, 0.6) is 5.75 Å². The summed E-state index contributed by atoms with van der Waals surface area (Å²) < 4.78 is 0. The number of urea groups is 1. The van der Waals surface area contributed by atoms with Gasteiger partial charge >= 0.3 is 6.03 Å². The number of carbonyl (C=O) groups is 1. The van der Waals surface area contributed by atoms with E-state index in [2.05, 4.69) is 58.2 Å². The van der Waals surface area contributed by atoms with Gasteiger partial charge in [0.05, 0.1) is 5.69 Å². The molecule has 0 radical (unpaired) electrons. The van der Waals surface area contributed by atoms with Gasteiger partial charge in [-0.1, -0.05) is 47.6 Å². The SMILES string of the molecule is CC(C)(C)c1cc(NC(=O)NC23CC4CC(CC(C4)C2)C3)c(O)c(C(C)(C)C)c1. The molecule has 0 aliphatic heterocycles. The van der Waals surface area contributed by atoms with Gasteiger partial charge in [0.1, 0.15) is 5.75 Å². The van der Waals surface area contributed by atoms with E-state index in [-0.39, 0.29) is 28.1 Å². The second-order valence-corrected chi connectivity index (χ2v) is 12.2. The zero-order valence-corrected chi connectivity index (χ0v) is 19.0. The summed E-state index contributed by atoms with van der Waals surface area (Å²) in [6, 6.07) is 3.84. The summed E-state index contributed by atoms with van der Waals surface area (Å²) in [5, 5.41) is 17.3. The monoisotopic (exact) mass is 398 g/mol. The highest BCUT2D eigenvalue weighted by atomic mass is 16.3. The van der Waals surface area contributed by atoms with Gasteiger partial charge in [-0.15, -0.1) is 0 Å². The van der Waals surface area contributed by atoms with Crippen LogP contribution in [0, 0.1) is 17.8 Å². The van der Waals surface area contributed by atoms with E-state index in [4.69, 9.17) is 0 Å². The third-order valence-corrected chi connectivity index (χ3v) is 7.45. The maximum Gasteiger partial charge on any atom is 0.319 e. The molecule has 0 atom stereocenters.